The molecule has 7 aromatic rings. The van der Waals surface area contributed by atoms with Gasteiger partial charge in [0.25, 0.3) is 0 Å². The van der Waals surface area contributed by atoms with Gasteiger partial charge in [0.05, 0.1) is 11.3 Å². The van der Waals surface area contributed by atoms with Gasteiger partial charge in [0.15, 0.2) is 17.8 Å². The Morgan fingerprint density at radius 3 is 1.98 bits per heavy atom. The molecule has 4 heterocycles. The van der Waals surface area contributed by atoms with Crippen molar-refractivity contribution in [2.24, 2.45) is 7.05 Å². The van der Waals surface area contributed by atoms with Crippen LogP contribution in [0, 0.1) is 13.8 Å². The van der Waals surface area contributed by atoms with E-state index in [2.05, 4.69) is 98.9 Å². The summed E-state index contributed by atoms with van der Waals surface area (Å²) in [6, 6.07) is 37.3. The molecule has 0 N–H and O–H groups in total. The van der Waals surface area contributed by atoms with Gasteiger partial charge >= 0.3 is 0 Å². The number of fused-ring (bicyclic) bond motifs is 4. The molecule has 224 valence electrons. The maximum absolute atomic E-state index is 6.94. The smallest absolute Gasteiger partial charge is 0.241 e. The minimum atomic E-state index is -0.378. The molecule has 0 amide bonds. The van der Waals surface area contributed by atoms with Crippen molar-refractivity contribution in [3.8, 4) is 34.0 Å². The number of pyridine rings is 1. The van der Waals surface area contributed by atoms with Crippen molar-refractivity contribution in [1.29, 1.82) is 0 Å². The molecule has 0 fully saturated rings. The normalized spacial score (nSPS) is 13.5. The third-order valence-electron chi connectivity index (χ3n) is 9.12. The molecule has 8 rings (SSSR count). The predicted molar refractivity (Wildman–Crippen MR) is 183 cm³/mol. The quantitative estimate of drug-likeness (QED) is 0.189. The van der Waals surface area contributed by atoms with E-state index in [9.17, 15) is 0 Å². The molecule has 1 aliphatic heterocycles. The Morgan fingerprint density at radius 2 is 1.33 bits per heavy atom. The number of furan rings is 1. The molecule has 0 saturated heterocycles. The third-order valence-corrected chi connectivity index (χ3v) is 9.12. The van der Waals surface area contributed by atoms with E-state index < -0.39 is 0 Å². The first-order valence-electron chi connectivity index (χ1n) is 15.6. The van der Waals surface area contributed by atoms with E-state index in [4.69, 9.17) is 19.4 Å². The highest BCUT2D eigenvalue weighted by Crippen LogP contribution is 2.56. The lowest BCUT2D eigenvalue weighted by molar-refractivity contribution is -0.660. The second-order valence-corrected chi connectivity index (χ2v) is 12.6. The first-order valence-corrected chi connectivity index (χ1v) is 15.6. The van der Waals surface area contributed by atoms with Crippen molar-refractivity contribution in [1.82, 2.24) is 15.0 Å². The molecule has 6 heteroatoms. The number of rotatable bonds is 4. The Hall–Kier alpha value is -5.62. The van der Waals surface area contributed by atoms with Crippen molar-refractivity contribution >= 4 is 28.5 Å². The Balaban J connectivity index is 1.46. The monoisotopic (exact) mass is 600 g/mol. The minimum absolute atomic E-state index is 0.378. The van der Waals surface area contributed by atoms with Crippen molar-refractivity contribution in [3.63, 3.8) is 0 Å². The SMILES string of the molecule is Cc1ccc(-c2c(C)ccc3oc4c(c23)C(C)(C)c2ccccc2N4c2nc(-c3ccccc3)nc(-c3ccccc3)n2)[n+](C)c1. The molecule has 0 bridgehead atoms. The molecule has 0 unspecified atom stereocenters. The van der Waals surface area contributed by atoms with Gasteiger partial charge in [0.1, 0.15) is 12.6 Å². The standard InChI is InChI=1S/C40H34N5O/c1-25-20-22-31(44(5)24-25)33-26(2)21-23-32-34(33)35-38(46-32)45(30-19-13-12-18-29(30)40(35,3)4)39-42-36(27-14-8-6-9-15-27)41-37(43-39)28-16-10-7-11-17-28/h6-24H,1-5H3/q+1. The lowest BCUT2D eigenvalue weighted by atomic mass is 9.73. The summed E-state index contributed by atoms with van der Waals surface area (Å²) in [7, 11) is 2.11. The zero-order valence-corrected chi connectivity index (χ0v) is 26.6. The Labute approximate surface area is 268 Å². The van der Waals surface area contributed by atoms with Crippen LogP contribution in [0.1, 0.15) is 36.1 Å². The van der Waals surface area contributed by atoms with Gasteiger partial charge in [-0.1, -0.05) is 98.8 Å². The third kappa shape index (κ3) is 4.32. The lowest BCUT2D eigenvalue weighted by Crippen LogP contribution is -2.32. The molecular weight excluding hydrogens is 566 g/mol. The number of aromatic nitrogens is 4. The van der Waals surface area contributed by atoms with Crippen LogP contribution < -0.4 is 9.47 Å². The van der Waals surface area contributed by atoms with E-state index in [1.807, 2.05) is 60.7 Å². The van der Waals surface area contributed by atoms with Gasteiger partial charge in [-0.25, -0.2) is 14.5 Å². The molecule has 1 aliphatic rings. The van der Waals surface area contributed by atoms with Gasteiger partial charge in [-0.05, 0) is 43.2 Å². The summed E-state index contributed by atoms with van der Waals surface area (Å²) >= 11 is 0. The van der Waals surface area contributed by atoms with Gasteiger partial charge < -0.3 is 4.42 Å². The fourth-order valence-corrected chi connectivity index (χ4v) is 6.89. The number of para-hydroxylation sites is 1. The largest absolute Gasteiger partial charge is 0.439 e. The molecule has 6 nitrogen and oxygen atoms in total. The first-order chi connectivity index (χ1) is 22.3. The topological polar surface area (TPSA) is 58.9 Å². The fourth-order valence-electron chi connectivity index (χ4n) is 6.89. The second kappa shape index (κ2) is 10.5. The number of nitrogens with zero attached hydrogens (tertiary/aromatic N) is 5. The summed E-state index contributed by atoms with van der Waals surface area (Å²) in [5, 5.41) is 1.11. The summed E-state index contributed by atoms with van der Waals surface area (Å²) in [6.45, 7) is 8.88. The van der Waals surface area contributed by atoms with E-state index >= 15 is 0 Å². The van der Waals surface area contributed by atoms with Gasteiger partial charge in [-0.2, -0.15) is 9.97 Å². The highest BCUT2D eigenvalue weighted by atomic mass is 16.4. The van der Waals surface area contributed by atoms with Crippen LogP contribution in [-0.2, 0) is 12.5 Å². The van der Waals surface area contributed by atoms with Crippen molar-refractivity contribution in [2.45, 2.75) is 33.1 Å². The lowest BCUT2D eigenvalue weighted by Gasteiger charge is -2.38. The Bertz CT molecular complexity index is 2210. The molecule has 0 atom stereocenters. The van der Waals surface area contributed by atoms with Crippen LogP contribution in [0.4, 0.5) is 17.5 Å². The number of aryl methyl sites for hydroxylation is 3. The van der Waals surface area contributed by atoms with Gasteiger partial charge in [0, 0.05) is 39.1 Å². The summed E-state index contributed by atoms with van der Waals surface area (Å²) in [6.07, 6.45) is 2.17. The van der Waals surface area contributed by atoms with Crippen LogP contribution in [0.5, 0.6) is 0 Å². The van der Waals surface area contributed by atoms with Crippen LogP contribution in [-0.4, -0.2) is 15.0 Å². The van der Waals surface area contributed by atoms with Gasteiger partial charge in [-0.3, -0.25) is 0 Å². The molecule has 0 aliphatic carbocycles. The number of hydrogen-bond donors (Lipinski definition) is 0. The highest BCUT2D eigenvalue weighted by Gasteiger charge is 2.43. The van der Waals surface area contributed by atoms with E-state index in [-0.39, 0.29) is 5.41 Å². The number of anilines is 3. The molecule has 4 aromatic carbocycles. The minimum Gasteiger partial charge on any atom is -0.439 e. The van der Waals surface area contributed by atoms with Crippen LogP contribution >= 0.6 is 0 Å². The molecule has 0 radical (unpaired) electrons. The van der Waals surface area contributed by atoms with Crippen molar-refractivity contribution in [2.75, 3.05) is 4.90 Å². The molecule has 3 aromatic heterocycles. The maximum atomic E-state index is 6.94. The van der Waals surface area contributed by atoms with E-state index in [0.29, 0.717) is 17.6 Å². The summed E-state index contributed by atoms with van der Waals surface area (Å²) in [4.78, 5) is 17.3. The Morgan fingerprint density at radius 1 is 0.696 bits per heavy atom. The van der Waals surface area contributed by atoms with Crippen LogP contribution in [0.25, 0.3) is 45.0 Å². The van der Waals surface area contributed by atoms with Gasteiger partial charge in [-0.15, -0.1) is 0 Å². The van der Waals surface area contributed by atoms with Crippen molar-refractivity contribution in [3.05, 3.63) is 138 Å². The van der Waals surface area contributed by atoms with E-state index in [1.165, 1.54) is 22.3 Å². The summed E-state index contributed by atoms with van der Waals surface area (Å²) in [5.74, 6) is 2.44. The average Bonchev–Trinajstić information content (AvgIpc) is 3.46. The molecule has 46 heavy (non-hydrogen) atoms. The predicted octanol–water partition coefficient (Wildman–Crippen LogP) is 9.17. The zero-order valence-electron chi connectivity index (χ0n) is 26.6. The van der Waals surface area contributed by atoms with Crippen LogP contribution in [0.15, 0.2) is 120 Å². The highest BCUT2D eigenvalue weighted by molar-refractivity contribution is 6.03. The molecule has 0 spiro atoms. The summed E-state index contributed by atoms with van der Waals surface area (Å²) < 4.78 is 9.15. The zero-order chi connectivity index (χ0) is 31.6. The maximum Gasteiger partial charge on any atom is 0.241 e. The fraction of sp³-hybridized carbons (Fsp3) is 0.150. The second-order valence-electron chi connectivity index (χ2n) is 12.6. The molecule has 0 saturated carbocycles. The first kappa shape index (κ1) is 27.9. The number of benzene rings is 4. The van der Waals surface area contributed by atoms with Crippen molar-refractivity contribution < 1.29 is 8.98 Å². The number of hydrogen-bond acceptors (Lipinski definition) is 5. The van der Waals surface area contributed by atoms with E-state index in [0.717, 1.165) is 44.9 Å². The Kier molecular flexibility index (Phi) is 6.36. The van der Waals surface area contributed by atoms with E-state index in [1.54, 1.807) is 0 Å². The average molecular weight is 601 g/mol. The van der Waals surface area contributed by atoms with Crippen LogP contribution in [0.2, 0.25) is 0 Å². The summed E-state index contributed by atoms with van der Waals surface area (Å²) in [5.41, 5.74) is 10.3. The molecular formula is C40H34N5O+. The van der Waals surface area contributed by atoms with Crippen LogP contribution in [0.3, 0.4) is 0 Å². The van der Waals surface area contributed by atoms with Gasteiger partial charge in [0.2, 0.25) is 17.5 Å².